The monoisotopic (exact) mass is 366 g/mol. The van der Waals surface area contributed by atoms with Gasteiger partial charge < -0.3 is 14.2 Å². The topological polar surface area (TPSA) is 92.6 Å². The summed E-state index contributed by atoms with van der Waals surface area (Å²) in [4.78, 5) is 4.50. The maximum Gasteiger partial charge on any atom is 0.191 e. The van der Waals surface area contributed by atoms with E-state index in [0.29, 0.717) is 11.9 Å². The van der Waals surface area contributed by atoms with Gasteiger partial charge in [0.2, 0.25) is 0 Å². The number of hydrogen-bond donors (Lipinski definition) is 1. The summed E-state index contributed by atoms with van der Waals surface area (Å²) in [5, 5.41) is 29.2. The number of thioether (sulfide) groups is 1. The summed E-state index contributed by atoms with van der Waals surface area (Å²) in [6, 6.07) is 10.2. The number of aromatic nitrogens is 5. The average molecular weight is 366 g/mol. The number of benzene rings is 1. The number of imidazole rings is 1. The molecule has 0 saturated heterocycles. The molecule has 3 aromatic rings. The molecule has 0 aliphatic heterocycles. The molecule has 0 spiro atoms. The molecule has 132 valence electrons. The quantitative estimate of drug-likeness (QED) is 0.423. The molecule has 2 heterocycles. The normalized spacial score (nSPS) is 15.1. The van der Waals surface area contributed by atoms with Gasteiger partial charge in [0.15, 0.2) is 11.0 Å². The fraction of sp³-hybridized carbons (Fsp3) is 0.333. The number of aryl methyl sites for hydroxylation is 2. The SMILES string of the molecule is Cc1nnc(SC/C(O)=C(\C#N)c2nc3ccccc3n2C)n1C1CC1. The highest BCUT2D eigenvalue weighted by molar-refractivity contribution is 7.99. The molecule has 8 heteroatoms. The zero-order chi connectivity index (χ0) is 18.3. The van der Waals surface area contributed by atoms with Crippen molar-refractivity contribution in [2.45, 2.75) is 31.0 Å². The van der Waals surface area contributed by atoms with E-state index in [4.69, 9.17) is 0 Å². The lowest BCUT2D eigenvalue weighted by Crippen LogP contribution is -2.02. The fourth-order valence-corrected chi connectivity index (χ4v) is 3.95. The molecule has 0 radical (unpaired) electrons. The molecule has 0 amide bonds. The van der Waals surface area contributed by atoms with Gasteiger partial charge in [0.1, 0.15) is 23.2 Å². The van der Waals surface area contributed by atoms with Gasteiger partial charge in [-0.1, -0.05) is 23.9 Å². The third-order valence-corrected chi connectivity index (χ3v) is 5.45. The van der Waals surface area contributed by atoms with Crippen molar-refractivity contribution >= 4 is 28.4 Å². The average Bonchev–Trinajstić information content (AvgIpc) is 3.34. The molecule has 7 nitrogen and oxygen atoms in total. The zero-order valence-corrected chi connectivity index (χ0v) is 15.4. The van der Waals surface area contributed by atoms with Crippen molar-refractivity contribution in [1.82, 2.24) is 24.3 Å². The summed E-state index contributed by atoms with van der Waals surface area (Å²) in [6.45, 7) is 1.94. The maximum absolute atomic E-state index is 10.6. The third kappa shape index (κ3) is 2.84. The van der Waals surface area contributed by atoms with Gasteiger partial charge in [-0.2, -0.15) is 5.26 Å². The van der Waals surface area contributed by atoms with E-state index in [-0.39, 0.29) is 17.1 Å². The van der Waals surface area contributed by atoms with E-state index in [9.17, 15) is 10.4 Å². The largest absolute Gasteiger partial charge is 0.510 e. The van der Waals surface area contributed by atoms with Crippen LogP contribution in [0.2, 0.25) is 0 Å². The number of fused-ring (bicyclic) bond motifs is 1. The van der Waals surface area contributed by atoms with Crippen molar-refractivity contribution < 1.29 is 5.11 Å². The van der Waals surface area contributed by atoms with Gasteiger partial charge in [-0.3, -0.25) is 0 Å². The number of hydrogen-bond acceptors (Lipinski definition) is 6. The Morgan fingerprint density at radius 3 is 2.81 bits per heavy atom. The molecule has 1 aromatic carbocycles. The van der Waals surface area contributed by atoms with E-state index in [1.807, 2.05) is 42.8 Å². The number of nitrogens with zero attached hydrogens (tertiary/aromatic N) is 6. The minimum atomic E-state index is -0.00101. The highest BCUT2D eigenvalue weighted by Crippen LogP contribution is 2.39. The Hall–Kier alpha value is -2.79. The first-order valence-electron chi connectivity index (χ1n) is 8.38. The molecule has 26 heavy (non-hydrogen) atoms. The Morgan fingerprint density at radius 2 is 2.12 bits per heavy atom. The second-order valence-corrected chi connectivity index (χ2v) is 7.28. The zero-order valence-electron chi connectivity index (χ0n) is 14.5. The van der Waals surface area contributed by atoms with Crippen molar-refractivity contribution in [3.8, 4) is 6.07 Å². The first kappa shape index (κ1) is 16.7. The van der Waals surface area contributed by atoms with Crippen LogP contribution in [0.5, 0.6) is 0 Å². The Balaban J connectivity index is 1.63. The van der Waals surface area contributed by atoms with Gasteiger partial charge in [0.05, 0.1) is 16.8 Å². The predicted molar refractivity (Wildman–Crippen MR) is 99.6 cm³/mol. The highest BCUT2D eigenvalue weighted by atomic mass is 32.2. The summed E-state index contributed by atoms with van der Waals surface area (Å²) in [5.74, 6) is 1.59. The van der Waals surface area contributed by atoms with Crippen molar-refractivity contribution in [1.29, 1.82) is 5.26 Å². The fourth-order valence-electron chi connectivity index (χ4n) is 3.02. The molecule has 2 aromatic heterocycles. The van der Waals surface area contributed by atoms with Crippen LogP contribution in [0.25, 0.3) is 16.6 Å². The Kier molecular flexibility index (Phi) is 4.17. The van der Waals surface area contributed by atoms with Crippen LogP contribution in [0, 0.1) is 18.3 Å². The number of allylic oxidation sites excluding steroid dienone is 1. The maximum atomic E-state index is 10.6. The Morgan fingerprint density at radius 1 is 1.35 bits per heavy atom. The van der Waals surface area contributed by atoms with Crippen LogP contribution < -0.4 is 0 Å². The minimum Gasteiger partial charge on any atom is -0.510 e. The van der Waals surface area contributed by atoms with E-state index in [2.05, 4.69) is 25.8 Å². The summed E-state index contributed by atoms with van der Waals surface area (Å²) < 4.78 is 3.94. The van der Waals surface area contributed by atoms with Crippen LogP contribution in [0.15, 0.2) is 35.2 Å². The molecular weight excluding hydrogens is 348 g/mol. The van der Waals surface area contributed by atoms with Crippen molar-refractivity contribution in [3.05, 3.63) is 41.7 Å². The van der Waals surface area contributed by atoms with Crippen LogP contribution in [0.4, 0.5) is 0 Å². The van der Waals surface area contributed by atoms with E-state index in [0.717, 1.165) is 34.9 Å². The Bertz CT molecular complexity index is 1050. The van der Waals surface area contributed by atoms with Crippen LogP contribution in [-0.2, 0) is 7.05 Å². The van der Waals surface area contributed by atoms with E-state index in [1.54, 1.807) is 0 Å². The standard InChI is InChI=1S/C18H18N6OS/c1-11-21-22-18(24(11)12-7-8-12)26-10-16(25)13(9-19)17-20-14-5-3-4-6-15(14)23(17)2/h3-6,12,25H,7-8,10H2,1-2H3/b16-13-. The molecule has 4 rings (SSSR count). The third-order valence-electron chi connectivity index (χ3n) is 4.50. The molecule has 1 saturated carbocycles. The van der Waals surface area contributed by atoms with Gasteiger partial charge >= 0.3 is 0 Å². The number of aliphatic hydroxyl groups excluding tert-OH is 1. The van der Waals surface area contributed by atoms with Crippen molar-refractivity contribution in [2.75, 3.05) is 5.75 Å². The van der Waals surface area contributed by atoms with Gasteiger partial charge in [-0.25, -0.2) is 4.98 Å². The molecule has 1 aliphatic rings. The molecule has 1 aliphatic carbocycles. The van der Waals surface area contributed by atoms with Crippen LogP contribution in [0.1, 0.15) is 30.5 Å². The molecular formula is C18H18N6OS. The summed E-state index contributed by atoms with van der Waals surface area (Å²) in [7, 11) is 1.84. The predicted octanol–water partition coefficient (Wildman–Crippen LogP) is 3.39. The number of para-hydroxylation sites is 2. The van der Waals surface area contributed by atoms with Crippen LogP contribution in [-0.4, -0.2) is 35.2 Å². The number of nitriles is 1. The van der Waals surface area contributed by atoms with Crippen molar-refractivity contribution in [3.63, 3.8) is 0 Å². The molecule has 1 fully saturated rings. The Labute approximate surface area is 155 Å². The second-order valence-electron chi connectivity index (χ2n) is 6.34. The summed E-state index contributed by atoms with van der Waals surface area (Å²) in [5.41, 5.74) is 1.90. The summed E-state index contributed by atoms with van der Waals surface area (Å²) in [6.07, 6.45) is 2.27. The lowest BCUT2D eigenvalue weighted by molar-refractivity contribution is 0.420. The minimum absolute atomic E-state index is 0.00101. The first-order chi connectivity index (χ1) is 12.6. The molecule has 0 unspecified atom stereocenters. The lowest BCUT2D eigenvalue weighted by atomic mass is 10.2. The van der Waals surface area contributed by atoms with Crippen LogP contribution >= 0.6 is 11.8 Å². The van der Waals surface area contributed by atoms with E-state index in [1.165, 1.54) is 11.8 Å². The highest BCUT2D eigenvalue weighted by Gasteiger charge is 2.28. The lowest BCUT2D eigenvalue weighted by Gasteiger charge is -2.07. The molecule has 0 atom stereocenters. The van der Waals surface area contributed by atoms with Gasteiger partial charge in [0.25, 0.3) is 0 Å². The van der Waals surface area contributed by atoms with Gasteiger partial charge in [-0.05, 0) is 31.9 Å². The molecule has 1 N–H and O–H groups in total. The van der Waals surface area contributed by atoms with Gasteiger partial charge in [0, 0.05) is 13.1 Å². The summed E-state index contributed by atoms with van der Waals surface area (Å²) >= 11 is 1.39. The van der Waals surface area contributed by atoms with Gasteiger partial charge in [-0.15, -0.1) is 10.2 Å². The van der Waals surface area contributed by atoms with Crippen LogP contribution in [0.3, 0.4) is 0 Å². The smallest absolute Gasteiger partial charge is 0.191 e. The van der Waals surface area contributed by atoms with E-state index < -0.39 is 0 Å². The van der Waals surface area contributed by atoms with E-state index >= 15 is 0 Å². The number of rotatable bonds is 5. The van der Waals surface area contributed by atoms with Crippen molar-refractivity contribution in [2.24, 2.45) is 7.05 Å². The first-order valence-corrected chi connectivity index (χ1v) is 9.37. The molecule has 0 bridgehead atoms. The second kappa shape index (κ2) is 6.50. The number of aliphatic hydroxyl groups is 1.